The van der Waals surface area contributed by atoms with Crippen LogP contribution in [0.4, 0.5) is 0 Å². The Morgan fingerprint density at radius 2 is 1.34 bits per heavy atom. The maximum Gasteiger partial charge on any atom is 0.337 e. The Balaban J connectivity index is 5.16. The summed E-state index contributed by atoms with van der Waals surface area (Å²) in [6.07, 6.45) is 0. The highest BCUT2D eigenvalue weighted by Crippen LogP contribution is 2.25. The van der Waals surface area contributed by atoms with Crippen molar-refractivity contribution in [3.05, 3.63) is 12.2 Å². The van der Waals surface area contributed by atoms with Crippen LogP contribution in [0.3, 0.4) is 0 Å². The van der Waals surface area contributed by atoms with Crippen molar-refractivity contribution < 1.29 is 26.6 Å². The van der Waals surface area contributed by atoms with Gasteiger partial charge in [0.25, 0.3) is 0 Å². The number of ether oxygens (including phenoxy) is 1. The second-order valence-electron chi connectivity index (χ2n) is 10.6. The molecular weight excluding hydrogens is 453 g/mol. The van der Waals surface area contributed by atoms with Gasteiger partial charge in [-0.3, -0.25) is 0 Å². The van der Waals surface area contributed by atoms with Crippen molar-refractivity contribution in [2.45, 2.75) is 97.4 Å². The van der Waals surface area contributed by atoms with Crippen LogP contribution in [-0.2, 0) is 26.6 Å². The summed E-state index contributed by atoms with van der Waals surface area (Å²) >= 11 is 0. The minimum absolute atomic E-state index is 0.327. The van der Waals surface area contributed by atoms with Gasteiger partial charge in [-0.05, 0) is 84.5 Å². The molecule has 29 heavy (non-hydrogen) atoms. The smallest absolute Gasteiger partial charge is 0.337 e. The van der Waals surface area contributed by atoms with E-state index in [1.165, 1.54) is 0 Å². The molecule has 0 heterocycles. The van der Waals surface area contributed by atoms with Crippen LogP contribution in [0, 0.1) is 0 Å². The first kappa shape index (κ1) is 29.1. The molecule has 0 saturated carbocycles. The number of carbonyl (C=O) groups excluding carboxylic acids is 1. The SMILES string of the molecule is C=C(C)C(=O)OC(C)(O[SiH](C)CC[SiH](O[Si](C)(C)C)O[Si](C)(C)C)O[Si](C)(C)C. The zero-order valence-corrected chi connectivity index (χ0v) is 26.0. The van der Waals surface area contributed by atoms with Gasteiger partial charge in [-0.2, -0.15) is 0 Å². The van der Waals surface area contributed by atoms with E-state index in [2.05, 4.69) is 52.4 Å². The van der Waals surface area contributed by atoms with Crippen molar-refractivity contribution in [2.24, 2.45) is 0 Å². The molecule has 0 bridgehead atoms. The largest absolute Gasteiger partial charge is 0.439 e. The molecule has 0 aliphatic carbocycles. The van der Waals surface area contributed by atoms with Crippen LogP contribution < -0.4 is 0 Å². The van der Waals surface area contributed by atoms with Gasteiger partial charge in [0.2, 0.25) is 0 Å². The minimum atomic E-state index is -2.01. The van der Waals surface area contributed by atoms with Crippen LogP contribution in [0.1, 0.15) is 13.8 Å². The summed E-state index contributed by atoms with van der Waals surface area (Å²) in [5, 5.41) is 0. The summed E-state index contributed by atoms with van der Waals surface area (Å²) in [5.74, 6) is -1.87. The molecule has 2 unspecified atom stereocenters. The van der Waals surface area contributed by atoms with E-state index in [1.807, 2.05) is 19.6 Å². The third-order valence-electron chi connectivity index (χ3n) is 3.31. The van der Waals surface area contributed by atoms with Gasteiger partial charge >= 0.3 is 21.2 Å². The zero-order chi connectivity index (χ0) is 23.3. The van der Waals surface area contributed by atoms with Crippen LogP contribution in [0.2, 0.25) is 77.6 Å². The molecule has 0 aliphatic rings. The first-order valence-corrected chi connectivity index (χ1v) is 24.8. The van der Waals surface area contributed by atoms with Gasteiger partial charge in [0.15, 0.2) is 34.0 Å². The summed E-state index contributed by atoms with van der Waals surface area (Å²) in [6.45, 7) is 28.4. The quantitative estimate of drug-likeness (QED) is 0.156. The van der Waals surface area contributed by atoms with Crippen LogP contribution in [0.15, 0.2) is 12.2 Å². The van der Waals surface area contributed by atoms with Gasteiger partial charge in [-0.25, -0.2) is 4.79 Å². The van der Waals surface area contributed by atoms with Crippen molar-refractivity contribution in [1.82, 2.24) is 0 Å². The first-order valence-electron chi connectivity index (χ1n) is 10.3. The summed E-state index contributed by atoms with van der Waals surface area (Å²) < 4.78 is 30.7. The fourth-order valence-corrected chi connectivity index (χ4v) is 15.7. The van der Waals surface area contributed by atoms with E-state index in [0.29, 0.717) is 5.57 Å². The molecule has 0 fully saturated rings. The van der Waals surface area contributed by atoms with Crippen molar-refractivity contribution >= 4 is 49.2 Å². The number of hydrogen-bond acceptors (Lipinski definition) is 6. The molecule has 11 heteroatoms. The number of rotatable bonds is 13. The van der Waals surface area contributed by atoms with Crippen molar-refractivity contribution in [3.63, 3.8) is 0 Å². The maximum atomic E-state index is 12.1. The average molecular weight is 497 g/mol. The van der Waals surface area contributed by atoms with Crippen LogP contribution in [0.25, 0.3) is 0 Å². The van der Waals surface area contributed by atoms with Gasteiger partial charge in [-0.15, -0.1) is 0 Å². The third-order valence-corrected chi connectivity index (χ3v) is 15.5. The summed E-state index contributed by atoms with van der Waals surface area (Å²) in [5.41, 5.74) is 0.327. The van der Waals surface area contributed by atoms with Crippen molar-refractivity contribution in [1.29, 1.82) is 0 Å². The molecule has 6 nitrogen and oxygen atoms in total. The Hall–Kier alpha value is 0.134. The summed E-state index contributed by atoms with van der Waals surface area (Å²) in [6, 6.07) is 1.79. The predicted octanol–water partition coefficient (Wildman–Crippen LogP) is 4.92. The summed E-state index contributed by atoms with van der Waals surface area (Å²) in [4.78, 5) is 12.1. The molecular formula is C18H44O6Si5. The number of esters is 1. The van der Waals surface area contributed by atoms with Gasteiger partial charge < -0.3 is 21.8 Å². The molecule has 0 saturated heterocycles. The van der Waals surface area contributed by atoms with E-state index >= 15 is 0 Å². The van der Waals surface area contributed by atoms with Crippen LogP contribution in [-0.4, -0.2) is 55.2 Å². The number of carbonyl (C=O) groups is 1. The van der Waals surface area contributed by atoms with Crippen molar-refractivity contribution in [3.8, 4) is 0 Å². The van der Waals surface area contributed by atoms with E-state index in [4.69, 9.17) is 21.8 Å². The van der Waals surface area contributed by atoms with Gasteiger partial charge in [-0.1, -0.05) is 6.58 Å². The van der Waals surface area contributed by atoms with E-state index in [-0.39, 0.29) is 0 Å². The zero-order valence-electron chi connectivity index (χ0n) is 20.7. The molecule has 2 atom stereocenters. The average Bonchev–Trinajstić information content (AvgIpc) is 2.38. The Bertz CT molecular complexity index is 536. The normalized spacial score (nSPS) is 16.4. The van der Waals surface area contributed by atoms with Gasteiger partial charge in [0, 0.05) is 12.5 Å². The van der Waals surface area contributed by atoms with Crippen molar-refractivity contribution in [2.75, 3.05) is 0 Å². The minimum Gasteiger partial charge on any atom is -0.439 e. The molecule has 0 amide bonds. The van der Waals surface area contributed by atoms with E-state index in [9.17, 15) is 4.79 Å². The highest BCUT2D eigenvalue weighted by molar-refractivity contribution is 6.81. The lowest BCUT2D eigenvalue weighted by atomic mass is 10.4. The molecule has 0 rings (SSSR count). The number of hydrogen-bond donors (Lipinski definition) is 0. The Labute approximate surface area is 185 Å². The molecule has 0 N–H and O–H groups in total. The van der Waals surface area contributed by atoms with Gasteiger partial charge in [0.1, 0.15) is 0 Å². The van der Waals surface area contributed by atoms with E-state index in [1.54, 1.807) is 13.8 Å². The second-order valence-corrected chi connectivity index (χ2v) is 29.3. The standard InChI is InChI=1S/C18H44O6Si5/c1-16(2)17(19)20-18(3,22-27(5,6)7)21-25(4)14-15-26(23-28(8,9)10)24-29(11,12)13/h25-26H,1,14-15H2,2-13H3. The fourth-order valence-electron chi connectivity index (χ4n) is 2.61. The first-order chi connectivity index (χ1) is 12.7. The monoisotopic (exact) mass is 496 g/mol. The van der Waals surface area contributed by atoms with E-state index in [0.717, 1.165) is 12.1 Å². The maximum absolute atomic E-state index is 12.1. The molecule has 0 aliphatic heterocycles. The highest BCUT2D eigenvalue weighted by Gasteiger charge is 2.39. The molecule has 0 spiro atoms. The molecule has 0 aromatic heterocycles. The topological polar surface area (TPSA) is 63.2 Å². The second kappa shape index (κ2) is 11.1. The molecule has 172 valence electrons. The lowest BCUT2D eigenvalue weighted by molar-refractivity contribution is -0.279. The Morgan fingerprint density at radius 3 is 1.69 bits per heavy atom. The molecule has 0 radical (unpaired) electrons. The molecule has 0 aromatic carbocycles. The lowest BCUT2D eigenvalue weighted by Crippen LogP contribution is -2.49. The Morgan fingerprint density at radius 1 is 0.897 bits per heavy atom. The predicted molar refractivity (Wildman–Crippen MR) is 133 cm³/mol. The molecule has 0 aromatic rings. The van der Waals surface area contributed by atoms with Crippen LogP contribution in [0.5, 0.6) is 0 Å². The van der Waals surface area contributed by atoms with E-state index < -0.39 is 55.2 Å². The third kappa shape index (κ3) is 15.6. The fraction of sp³-hybridized carbons (Fsp3) is 0.833. The van der Waals surface area contributed by atoms with Gasteiger partial charge in [0.05, 0.1) is 0 Å². The highest BCUT2D eigenvalue weighted by atomic mass is 28.4. The lowest BCUT2D eigenvalue weighted by Gasteiger charge is -2.37. The van der Waals surface area contributed by atoms with Crippen LogP contribution >= 0.6 is 0 Å². The summed E-state index contributed by atoms with van der Waals surface area (Å²) in [7, 11) is -8.82. The Kier molecular flexibility index (Phi) is 11.2.